The number of hydrogen-bond acceptors (Lipinski definition) is 6. The molecular formula is C54H46N2O6. The standard InChI is InChI=1S/2C27H23NO3/c2*1-3-21-25-22-11-7-8-12-24(22)31-17-23(25)27(29)28(19-13-15-20(30-2)16-14-19)26(21)18-9-5-4-6-10-18/h2*4-16H,3,17H2,1-2H3. The summed E-state index contributed by atoms with van der Waals surface area (Å²) in [7, 11) is 3.28. The number of hydrogen-bond donors (Lipinski definition) is 0. The van der Waals surface area contributed by atoms with E-state index in [0.717, 1.165) is 103 Å². The molecule has 8 nitrogen and oxygen atoms in total. The van der Waals surface area contributed by atoms with E-state index >= 15 is 0 Å². The number of fused-ring (bicyclic) bond motifs is 6. The van der Waals surface area contributed by atoms with Gasteiger partial charge in [-0.15, -0.1) is 0 Å². The molecule has 0 unspecified atom stereocenters. The predicted molar refractivity (Wildman–Crippen MR) is 246 cm³/mol. The van der Waals surface area contributed by atoms with Gasteiger partial charge in [-0.1, -0.05) is 111 Å². The fraction of sp³-hybridized carbons (Fsp3) is 0.148. The van der Waals surface area contributed by atoms with Crippen molar-refractivity contribution in [3.8, 4) is 79.1 Å². The Morgan fingerprint density at radius 2 is 0.823 bits per heavy atom. The summed E-state index contributed by atoms with van der Waals surface area (Å²) in [5, 5.41) is 0. The average Bonchev–Trinajstić information content (AvgIpc) is 3.34. The molecule has 2 aliphatic rings. The van der Waals surface area contributed by atoms with Crippen LogP contribution in [0.5, 0.6) is 23.0 Å². The zero-order valence-corrected chi connectivity index (χ0v) is 35.2. The molecule has 0 fully saturated rings. The normalized spacial score (nSPS) is 11.9. The van der Waals surface area contributed by atoms with Crippen molar-refractivity contribution in [3.05, 3.63) is 201 Å². The van der Waals surface area contributed by atoms with Crippen LogP contribution in [0.25, 0.3) is 56.1 Å². The van der Waals surface area contributed by atoms with E-state index in [0.29, 0.717) is 11.1 Å². The van der Waals surface area contributed by atoms with Crippen LogP contribution < -0.4 is 30.1 Å². The molecule has 308 valence electrons. The molecule has 4 heterocycles. The number of methoxy groups -OCH3 is 2. The highest BCUT2D eigenvalue weighted by Crippen LogP contribution is 2.44. The molecular weight excluding hydrogens is 773 g/mol. The molecule has 2 aliphatic heterocycles. The van der Waals surface area contributed by atoms with Gasteiger partial charge in [-0.25, -0.2) is 0 Å². The summed E-state index contributed by atoms with van der Waals surface area (Å²) in [4.78, 5) is 27.8. The molecule has 0 amide bonds. The number of nitrogens with zero attached hydrogens (tertiary/aromatic N) is 2. The van der Waals surface area contributed by atoms with Crippen molar-refractivity contribution in [2.45, 2.75) is 39.9 Å². The van der Waals surface area contributed by atoms with Crippen molar-refractivity contribution >= 4 is 0 Å². The minimum atomic E-state index is -0.0503. The molecule has 2 aromatic heterocycles. The summed E-state index contributed by atoms with van der Waals surface area (Å²) in [6, 6.07) is 51.4. The van der Waals surface area contributed by atoms with Crippen LogP contribution in [0.15, 0.2) is 167 Å². The van der Waals surface area contributed by atoms with E-state index in [-0.39, 0.29) is 24.3 Å². The third kappa shape index (κ3) is 7.03. The van der Waals surface area contributed by atoms with Crippen LogP contribution in [0.3, 0.4) is 0 Å². The summed E-state index contributed by atoms with van der Waals surface area (Å²) in [6.45, 7) is 4.82. The number of rotatable bonds is 8. The molecule has 0 N–H and O–H groups in total. The first-order chi connectivity index (χ1) is 30.4. The first kappa shape index (κ1) is 39.9. The van der Waals surface area contributed by atoms with Crippen molar-refractivity contribution in [1.29, 1.82) is 0 Å². The highest BCUT2D eigenvalue weighted by molar-refractivity contribution is 5.85. The lowest BCUT2D eigenvalue weighted by Gasteiger charge is -2.27. The predicted octanol–water partition coefficient (Wildman–Crippen LogP) is 11.3. The molecule has 0 spiro atoms. The molecule has 0 aliphatic carbocycles. The van der Waals surface area contributed by atoms with Gasteiger partial charge in [0.15, 0.2) is 0 Å². The van der Waals surface area contributed by atoms with Crippen molar-refractivity contribution in [3.63, 3.8) is 0 Å². The van der Waals surface area contributed by atoms with Gasteiger partial charge >= 0.3 is 0 Å². The van der Waals surface area contributed by atoms with Gasteiger partial charge in [0.2, 0.25) is 0 Å². The van der Waals surface area contributed by atoms with E-state index in [1.807, 2.05) is 143 Å². The summed E-state index contributed by atoms with van der Waals surface area (Å²) >= 11 is 0. The molecule has 8 aromatic rings. The Balaban J connectivity index is 0.000000158. The van der Waals surface area contributed by atoms with Gasteiger partial charge in [0, 0.05) is 33.6 Å². The first-order valence-corrected chi connectivity index (χ1v) is 20.9. The van der Waals surface area contributed by atoms with Gasteiger partial charge in [0.25, 0.3) is 11.1 Å². The van der Waals surface area contributed by atoms with Gasteiger partial charge in [-0.2, -0.15) is 0 Å². The minimum absolute atomic E-state index is 0.0503. The number of ether oxygens (including phenoxy) is 4. The number of pyridine rings is 2. The Morgan fingerprint density at radius 3 is 1.18 bits per heavy atom. The maximum Gasteiger partial charge on any atom is 0.262 e. The van der Waals surface area contributed by atoms with Crippen LogP contribution >= 0.6 is 0 Å². The van der Waals surface area contributed by atoms with E-state index in [4.69, 9.17) is 18.9 Å². The second-order valence-electron chi connectivity index (χ2n) is 15.0. The number of para-hydroxylation sites is 2. The van der Waals surface area contributed by atoms with Gasteiger partial charge in [-0.3, -0.25) is 18.7 Å². The van der Waals surface area contributed by atoms with Crippen LogP contribution in [0.4, 0.5) is 0 Å². The molecule has 8 heteroatoms. The summed E-state index contributed by atoms with van der Waals surface area (Å²) in [5.74, 6) is 3.16. The fourth-order valence-electron chi connectivity index (χ4n) is 8.82. The Bertz CT molecular complexity index is 2820. The van der Waals surface area contributed by atoms with Crippen molar-refractivity contribution in [2.75, 3.05) is 14.2 Å². The van der Waals surface area contributed by atoms with Gasteiger partial charge < -0.3 is 18.9 Å². The Hall–Kier alpha value is -7.58. The quantitative estimate of drug-likeness (QED) is 0.152. The zero-order valence-electron chi connectivity index (χ0n) is 35.2. The fourth-order valence-corrected chi connectivity index (χ4v) is 8.82. The minimum Gasteiger partial charge on any atom is -0.497 e. The molecule has 0 bridgehead atoms. The monoisotopic (exact) mass is 818 g/mol. The Labute approximate surface area is 360 Å². The van der Waals surface area contributed by atoms with E-state index in [2.05, 4.69) is 38.1 Å². The summed E-state index contributed by atoms with van der Waals surface area (Å²) in [6.07, 6.45) is 1.58. The van der Waals surface area contributed by atoms with Crippen LogP contribution in [0.1, 0.15) is 36.1 Å². The molecule has 62 heavy (non-hydrogen) atoms. The van der Waals surface area contributed by atoms with Gasteiger partial charge in [0.05, 0.1) is 36.7 Å². The highest BCUT2D eigenvalue weighted by Gasteiger charge is 2.30. The van der Waals surface area contributed by atoms with E-state index in [1.54, 1.807) is 14.2 Å². The summed E-state index contributed by atoms with van der Waals surface area (Å²) in [5.41, 5.74) is 13.1. The molecule has 0 saturated carbocycles. The number of aromatic nitrogens is 2. The highest BCUT2D eigenvalue weighted by atomic mass is 16.5. The Kier molecular flexibility index (Phi) is 11.0. The zero-order chi connectivity index (χ0) is 42.7. The lowest BCUT2D eigenvalue weighted by atomic mass is 9.88. The van der Waals surface area contributed by atoms with Gasteiger partial charge in [0.1, 0.15) is 36.2 Å². The average molecular weight is 819 g/mol. The van der Waals surface area contributed by atoms with E-state index < -0.39 is 0 Å². The van der Waals surface area contributed by atoms with Crippen molar-refractivity contribution in [2.24, 2.45) is 0 Å². The summed E-state index contributed by atoms with van der Waals surface area (Å²) < 4.78 is 26.2. The Morgan fingerprint density at radius 1 is 0.468 bits per heavy atom. The molecule has 6 aromatic carbocycles. The molecule has 0 saturated heterocycles. The van der Waals surface area contributed by atoms with Crippen LogP contribution in [-0.2, 0) is 26.1 Å². The van der Waals surface area contributed by atoms with Crippen molar-refractivity contribution < 1.29 is 18.9 Å². The molecule has 10 rings (SSSR count). The van der Waals surface area contributed by atoms with Crippen molar-refractivity contribution in [1.82, 2.24) is 9.13 Å². The van der Waals surface area contributed by atoms with E-state index in [1.165, 1.54) is 0 Å². The topological polar surface area (TPSA) is 80.9 Å². The molecule has 0 atom stereocenters. The SMILES string of the molecule is CCc1c2c(c(=O)n(-c3ccc(OC)cc3)c1-c1ccccc1)COc1ccccc1-2.CCc1c2c(c(=O)n(-c3ccc(OC)cc3)c1-c1ccccc1)COc1ccccc1-2. The second kappa shape index (κ2) is 17.2. The van der Waals surface area contributed by atoms with Gasteiger partial charge in [-0.05, 0) is 95.8 Å². The smallest absolute Gasteiger partial charge is 0.262 e. The lowest BCUT2D eigenvalue weighted by molar-refractivity contribution is 0.299. The van der Waals surface area contributed by atoms with Crippen LogP contribution in [0.2, 0.25) is 0 Å². The maximum absolute atomic E-state index is 13.9. The lowest BCUT2D eigenvalue weighted by Crippen LogP contribution is -2.29. The van der Waals surface area contributed by atoms with Crippen LogP contribution in [0, 0.1) is 0 Å². The third-order valence-corrected chi connectivity index (χ3v) is 11.7. The maximum atomic E-state index is 13.9. The number of benzene rings is 6. The first-order valence-electron chi connectivity index (χ1n) is 20.9. The largest absolute Gasteiger partial charge is 0.497 e. The third-order valence-electron chi connectivity index (χ3n) is 11.7. The van der Waals surface area contributed by atoms with Crippen LogP contribution in [-0.4, -0.2) is 23.4 Å². The second-order valence-corrected chi connectivity index (χ2v) is 15.0. The molecule has 0 radical (unpaired) electrons. The van der Waals surface area contributed by atoms with E-state index in [9.17, 15) is 9.59 Å².